The number of pyridine rings is 2. The largest absolute Gasteiger partial charge is 0.456 e. The summed E-state index contributed by atoms with van der Waals surface area (Å²) in [6.07, 6.45) is 3.70. The molecule has 0 amide bonds. The predicted octanol–water partition coefficient (Wildman–Crippen LogP) is 10.5. The normalized spacial score (nSPS) is 11.4. The Labute approximate surface area is 278 Å². The fourth-order valence-corrected chi connectivity index (χ4v) is 6.49. The Balaban J connectivity index is 0.000000204. The topological polar surface area (TPSA) is 43.3 Å². The third-order valence-electron chi connectivity index (χ3n) is 8.58. The number of hydrogen-bond acceptors (Lipinski definition) is 3. The van der Waals surface area contributed by atoms with Crippen molar-refractivity contribution in [1.82, 2.24) is 14.4 Å². The van der Waals surface area contributed by atoms with E-state index in [1.54, 1.807) is 6.20 Å². The fraction of sp³-hybridized carbons (Fsp3) is 0.0244. The van der Waals surface area contributed by atoms with E-state index >= 15 is 0 Å². The molecule has 221 valence electrons. The fourth-order valence-electron chi connectivity index (χ4n) is 6.49. The monoisotopic (exact) mass is 768 g/mol. The Morgan fingerprint density at radius 2 is 1.37 bits per heavy atom. The van der Waals surface area contributed by atoms with Crippen LogP contribution in [0.1, 0.15) is 5.56 Å². The first-order valence-corrected chi connectivity index (χ1v) is 15.0. The first-order valence-electron chi connectivity index (χ1n) is 15.0. The van der Waals surface area contributed by atoms with Crippen LogP contribution in [0, 0.1) is 19.1 Å². The molecule has 5 aromatic heterocycles. The number of benzene rings is 5. The van der Waals surface area contributed by atoms with Crippen LogP contribution in [-0.2, 0) is 20.1 Å². The number of rotatable bonds is 2. The molecule has 0 aliphatic carbocycles. The van der Waals surface area contributed by atoms with Crippen molar-refractivity contribution in [3.63, 3.8) is 0 Å². The molecule has 0 saturated heterocycles. The van der Waals surface area contributed by atoms with E-state index in [-0.39, 0.29) is 20.1 Å². The average Bonchev–Trinajstić information content (AvgIpc) is 3.75. The summed E-state index contributed by atoms with van der Waals surface area (Å²) in [6, 6.07) is 48.1. The van der Waals surface area contributed by atoms with Gasteiger partial charge in [0.2, 0.25) is 0 Å². The summed E-state index contributed by atoms with van der Waals surface area (Å²) in [5.74, 6) is 0. The molecule has 5 aromatic carbocycles. The van der Waals surface area contributed by atoms with E-state index in [1.807, 2.05) is 60.8 Å². The number of aryl methyl sites for hydroxylation is 1. The summed E-state index contributed by atoms with van der Waals surface area (Å²) in [5.41, 5.74) is 10.5. The van der Waals surface area contributed by atoms with Crippen molar-refractivity contribution < 1.29 is 24.5 Å². The molecule has 0 unspecified atom stereocenters. The molecule has 0 aliphatic heterocycles. The summed E-state index contributed by atoms with van der Waals surface area (Å²) >= 11 is 0. The Morgan fingerprint density at radius 3 is 2.15 bits per heavy atom. The van der Waals surface area contributed by atoms with Gasteiger partial charge in [0.05, 0.1) is 5.52 Å². The molecule has 10 aromatic rings. The molecule has 0 bridgehead atoms. The minimum Gasteiger partial charge on any atom is -0.456 e. The zero-order chi connectivity index (χ0) is 29.9. The molecule has 10 rings (SSSR count). The molecule has 0 fully saturated rings. The van der Waals surface area contributed by atoms with E-state index in [0.717, 1.165) is 61.1 Å². The van der Waals surface area contributed by atoms with Crippen LogP contribution in [0.2, 0.25) is 0 Å². The van der Waals surface area contributed by atoms with Crippen LogP contribution >= 0.6 is 0 Å². The molecule has 0 atom stereocenters. The van der Waals surface area contributed by atoms with Crippen LogP contribution in [0.15, 0.2) is 138 Å². The number of hydrogen-bond donors (Lipinski definition) is 0. The van der Waals surface area contributed by atoms with Gasteiger partial charge in [-0.1, -0.05) is 66.0 Å². The first kappa shape index (κ1) is 28.1. The van der Waals surface area contributed by atoms with E-state index in [2.05, 4.69) is 100 Å². The molecule has 0 saturated carbocycles. The third-order valence-corrected chi connectivity index (χ3v) is 8.58. The van der Waals surface area contributed by atoms with E-state index in [9.17, 15) is 0 Å². The molecular weight excluding hydrogens is 743 g/mol. The SMILES string of the molecule is Cc1ccc(-c2[c-]cc3c(c2)c2cccc4c5cc6c(cc5n3c24)oc2ccccc26)nc1.[Ir].[c-]1ccccc1-c1ccccn1. The van der Waals surface area contributed by atoms with Gasteiger partial charge in [-0.3, -0.25) is 0 Å². The number of furan rings is 1. The molecular formula is C41H25IrN3O-2. The van der Waals surface area contributed by atoms with Crippen LogP contribution in [0.4, 0.5) is 0 Å². The van der Waals surface area contributed by atoms with Crippen LogP contribution in [-0.4, -0.2) is 14.4 Å². The summed E-state index contributed by atoms with van der Waals surface area (Å²) < 4.78 is 8.58. The van der Waals surface area contributed by atoms with Gasteiger partial charge in [0.1, 0.15) is 11.2 Å². The van der Waals surface area contributed by atoms with Crippen LogP contribution in [0.25, 0.3) is 82.5 Å². The van der Waals surface area contributed by atoms with Crippen molar-refractivity contribution >= 4 is 60.0 Å². The number of para-hydroxylation sites is 2. The molecule has 5 heterocycles. The minimum absolute atomic E-state index is 0. The average molecular weight is 768 g/mol. The van der Waals surface area contributed by atoms with Crippen LogP contribution in [0.5, 0.6) is 0 Å². The molecule has 0 aliphatic rings. The van der Waals surface area contributed by atoms with Crippen molar-refractivity contribution in [2.75, 3.05) is 0 Å². The van der Waals surface area contributed by atoms with Crippen molar-refractivity contribution in [1.29, 1.82) is 0 Å². The maximum Gasteiger partial charge on any atom is 0.137 e. The van der Waals surface area contributed by atoms with E-state index in [1.165, 1.54) is 27.1 Å². The summed E-state index contributed by atoms with van der Waals surface area (Å²) in [7, 11) is 0. The van der Waals surface area contributed by atoms with Gasteiger partial charge in [-0.25, -0.2) is 0 Å². The van der Waals surface area contributed by atoms with Gasteiger partial charge < -0.3 is 18.8 Å². The maximum atomic E-state index is 6.22. The van der Waals surface area contributed by atoms with Crippen LogP contribution in [0.3, 0.4) is 0 Å². The first-order chi connectivity index (χ1) is 22.2. The van der Waals surface area contributed by atoms with Gasteiger partial charge in [-0.05, 0) is 53.0 Å². The molecule has 0 spiro atoms. The molecule has 4 nitrogen and oxygen atoms in total. The Morgan fingerprint density at radius 1 is 0.587 bits per heavy atom. The molecule has 0 N–H and O–H groups in total. The second-order valence-electron chi connectivity index (χ2n) is 11.4. The smallest absolute Gasteiger partial charge is 0.137 e. The number of nitrogens with zero attached hydrogens (tertiary/aromatic N) is 3. The number of aromatic nitrogens is 3. The second-order valence-corrected chi connectivity index (χ2v) is 11.4. The van der Waals surface area contributed by atoms with Gasteiger partial charge in [0.25, 0.3) is 0 Å². The molecule has 1 radical (unpaired) electrons. The molecule has 46 heavy (non-hydrogen) atoms. The standard InChI is InChI=1S/C30H17N2O.C11H8N.Ir/c1-17-9-11-25(31-16-17)18-10-12-26-22(13-18)20-6-4-7-21-23-14-24-19-5-2-3-8-28(19)33-29(24)15-27(23)32(26)30(20)21;1-2-6-10(7-3-1)11-8-4-5-9-12-11;/h2-9,11-16H,1H3;1-6,8-9H;/q2*-1;. The Bertz CT molecular complexity index is 2600. The van der Waals surface area contributed by atoms with Gasteiger partial charge in [0, 0.05) is 65.6 Å². The predicted molar refractivity (Wildman–Crippen MR) is 184 cm³/mol. The summed E-state index contributed by atoms with van der Waals surface area (Å²) in [4.78, 5) is 8.83. The van der Waals surface area contributed by atoms with Crippen molar-refractivity contribution in [2.24, 2.45) is 0 Å². The van der Waals surface area contributed by atoms with Gasteiger partial charge in [-0.2, -0.15) is 0 Å². The summed E-state index contributed by atoms with van der Waals surface area (Å²) in [5, 5.41) is 7.31. The van der Waals surface area contributed by atoms with Crippen molar-refractivity contribution in [2.45, 2.75) is 6.92 Å². The minimum atomic E-state index is 0. The van der Waals surface area contributed by atoms with Crippen molar-refractivity contribution in [3.05, 3.63) is 151 Å². The number of fused-ring (bicyclic) bond motifs is 9. The van der Waals surface area contributed by atoms with Gasteiger partial charge >= 0.3 is 0 Å². The van der Waals surface area contributed by atoms with Gasteiger partial charge in [-0.15, -0.1) is 59.7 Å². The van der Waals surface area contributed by atoms with Crippen molar-refractivity contribution in [3.8, 4) is 22.5 Å². The second kappa shape index (κ2) is 11.2. The Kier molecular flexibility index (Phi) is 6.87. The van der Waals surface area contributed by atoms with Crippen LogP contribution < -0.4 is 0 Å². The molecule has 5 heteroatoms. The summed E-state index contributed by atoms with van der Waals surface area (Å²) in [6.45, 7) is 2.06. The van der Waals surface area contributed by atoms with E-state index in [4.69, 9.17) is 4.42 Å². The third kappa shape index (κ3) is 4.47. The van der Waals surface area contributed by atoms with E-state index in [0.29, 0.717) is 0 Å². The quantitative estimate of drug-likeness (QED) is 0.165. The Hall–Kier alpha value is -5.35. The maximum absolute atomic E-state index is 6.22. The van der Waals surface area contributed by atoms with E-state index < -0.39 is 0 Å². The zero-order valence-corrected chi connectivity index (χ0v) is 27.2. The van der Waals surface area contributed by atoms with Gasteiger partial charge in [0.15, 0.2) is 0 Å². The zero-order valence-electron chi connectivity index (χ0n) is 24.8.